The standard InChI is InChI=1S/C17H29N3O.HI/c1-15(2)10-12-21-13-11-18-17(20(3)4)19-14-16-8-6-5-7-9-16;/h5-9,15H,10-14H2,1-4H3,(H,18,19);1H. The van der Waals surface area contributed by atoms with Crippen molar-refractivity contribution in [1.29, 1.82) is 0 Å². The molecule has 0 aliphatic heterocycles. The van der Waals surface area contributed by atoms with Crippen LogP contribution in [0.25, 0.3) is 0 Å². The highest BCUT2D eigenvalue weighted by Gasteiger charge is 2.01. The average molecular weight is 419 g/mol. The molecule has 0 aliphatic rings. The average Bonchev–Trinajstić information content (AvgIpc) is 2.46. The number of hydrogen-bond acceptors (Lipinski definition) is 2. The quantitative estimate of drug-likeness (QED) is 0.304. The van der Waals surface area contributed by atoms with Gasteiger partial charge in [-0.25, -0.2) is 4.99 Å². The summed E-state index contributed by atoms with van der Waals surface area (Å²) in [7, 11) is 3.99. The van der Waals surface area contributed by atoms with E-state index < -0.39 is 0 Å². The number of benzene rings is 1. The Morgan fingerprint density at radius 2 is 1.86 bits per heavy atom. The maximum absolute atomic E-state index is 5.60. The van der Waals surface area contributed by atoms with Crippen LogP contribution in [0.3, 0.4) is 0 Å². The van der Waals surface area contributed by atoms with Gasteiger partial charge >= 0.3 is 0 Å². The van der Waals surface area contributed by atoms with Crippen LogP contribution in [-0.4, -0.2) is 44.7 Å². The Hall–Kier alpha value is -0.820. The van der Waals surface area contributed by atoms with Gasteiger partial charge in [0.2, 0.25) is 0 Å². The lowest BCUT2D eigenvalue weighted by Gasteiger charge is -2.17. The second kappa shape index (κ2) is 12.7. The molecule has 0 bridgehead atoms. The van der Waals surface area contributed by atoms with Crippen molar-refractivity contribution >= 4 is 29.9 Å². The van der Waals surface area contributed by atoms with Gasteiger partial charge in [0.15, 0.2) is 5.96 Å². The predicted octanol–water partition coefficient (Wildman–Crippen LogP) is 3.37. The maximum atomic E-state index is 5.60. The highest BCUT2D eigenvalue weighted by atomic mass is 127. The van der Waals surface area contributed by atoms with Crippen molar-refractivity contribution in [1.82, 2.24) is 10.2 Å². The lowest BCUT2D eigenvalue weighted by molar-refractivity contribution is 0.127. The number of halogens is 1. The zero-order valence-corrected chi connectivity index (χ0v) is 16.5. The van der Waals surface area contributed by atoms with Gasteiger partial charge in [-0.2, -0.15) is 0 Å². The highest BCUT2D eigenvalue weighted by Crippen LogP contribution is 2.01. The molecule has 4 nitrogen and oxygen atoms in total. The smallest absolute Gasteiger partial charge is 0.193 e. The number of ether oxygens (including phenoxy) is 1. The molecule has 0 aliphatic carbocycles. The van der Waals surface area contributed by atoms with E-state index in [4.69, 9.17) is 4.74 Å². The summed E-state index contributed by atoms with van der Waals surface area (Å²) in [5.74, 6) is 1.59. The number of guanidine groups is 1. The minimum atomic E-state index is 0. The SMILES string of the molecule is CC(C)CCOCCNC(=NCc1ccccc1)N(C)C.I. The summed E-state index contributed by atoms with van der Waals surface area (Å²) in [4.78, 5) is 6.61. The fraction of sp³-hybridized carbons (Fsp3) is 0.588. The number of rotatable bonds is 8. The molecule has 0 saturated carbocycles. The van der Waals surface area contributed by atoms with Gasteiger partial charge in [0, 0.05) is 27.2 Å². The first-order valence-corrected chi connectivity index (χ1v) is 7.67. The lowest BCUT2D eigenvalue weighted by atomic mass is 10.1. The second-order valence-electron chi connectivity index (χ2n) is 5.74. The second-order valence-corrected chi connectivity index (χ2v) is 5.74. The molecule has 1 rings (SSSR count). The molecule has 0 fully saturated rings. The van der Waals surface area contributed by atoms with Gasteiger partial charge in [-0.05, 0) is 17.9 Å². The summed E-state index contributed by atoms with van der Waals surface area (Å²) in [5.41, 5.74) is 1.21. The van der Waals surface area contributed by atoms with Gasteiger partial charge in [0.25, 0.3) is 0 Å². The molecule has 1 N–H and O–H groups in total. The molecule has 1 aromatic rings. The zero-order chi connectivity index (χ0) is 15.5. The first-order chi connectivity index (χ1) is 10.1. The van der Waals surface area contributed by atoms with Crippen molar-refractivity contribution in [3.63, 3.8) is 0 Å². The van der Waals surface area contributed by atoms with Crippen LogP contribution >= 0.6 is 24.0 Å². The number of nitrogens with one attached hydrogen (secondary N) is 1. The molecule has 0 saturated heterocycles. The Kier molecular flexibility index (Phi) is 12.2. The Bertz CT molecular complexity index is 408. The molecule has 0 heterocycles. The summed E-state index contributed by atoms with van der Waals surface area (Å²) in [5, 5.41) is 3.33. The van der Waals surface area contributed by atoms with Crippen LogP contribution < -0.4 is 5.32 Å². The molecule has 22 heavy (non-hydrogen) atoms. The predicted molar refractivity (Wildman–Crippen MR) is 105 cm³/mol. The Balaban J connectivity index is 0.00000441. The maximum Gasteiger partial charge on any atom is 0.193 e. The Labute approximate surface area is 152 Å². The first-order valence-electron chi connectivity index (χ1n) is 7.67. The van der Waals surface area contributed by atoms with Crippen molar-refractivity contribution in [2.24, 2.45) is 10.9 Å². The molecule has 5 heteroatoms. The van der Waals surface area contributed by atoms with E-state index in [1.807, 2.05) is 37.2 Å². The fourth-order valence-corrected chi connectivity index (χ4v) is 1.76. The molecule has 0 aromatic heterocycles. The third kappa shape index (κ3) is 10.00. The van der Waals surface area contributed by atoms with Crippen LogP contribution in [0, 0.1) is 5.92 Å². The zero-order valence-electron chi connectivity index (χ0n) is 14.2. The molecule has 0 unspecified atom stereocenters. The summed E-state index contributed by atoms with van der Waals surface area (Å²) < 4.78 is 5.60. The van der Waals surface area contributed by atoms with Crippen LogP contribution in [0.15, 0.2) is 35.3 Å². The van der Waals surface area contributed by atoms with Crippen LogP contribution in [0.4, 0.5) is 0 Å². The van der Waals surface area contributed by atoms with E-state index in [2.05, 4.69) is 36.3 Å². The minimum absolute atomic E-state index is 0. The van der Waals surface area contributed by atoms with Gasteiger partial charge in [-0.15, -0.1) is 24.0 Å². The van der Waals surface area contributed by atoms with Crippen molar-refractivity contribution < 1.29 is 4.74 Å². The largest absolute Gasteiger partial charge is 0.380 e. The van der Waals surface area contributed by atoms with Crippen LogP contribution in [0.2, 0.25) is 0 Å². The summed E-state index contributed by atoms with van der Waals surface area (Å²) >= 11 is 0. The van der Waals surface area contributed by atoms with Gasteiger partial charge in [-0.3, -0.25) is 0 Å². The highest BCUT2D eigenvalue weighted by molar-refractivity contribution is 14.0. The lowest BCUT2D eigenvalue weighted by Crippen LogP contribution is -2.38. The van der Waals surface area contributed by atoms with Crippen molar-refractivity contribution in [2.45, 2.75) is 26.8 Å². The molecular weight excluding hydrogens is 389 g/mol. The van der Waals surface area contributed by atoms with E-state index in [0.717, 1.165) is 25.5 Å². The summed E-state index contributed by atoms with van der Waals surface area (Å²) in [6, 6.07) is 10.3. The van der Waals surface area contributed by atoms with E-state index in [1.165, 1.54) is 5.56 Å². The van der Waals surface area contributed by atoms with Gasteiger partial charge in [0.05, 0.1) is 13.2 Å². The Morgan fingerprint density at radius 1 is 1.18 bits per heavy atom. The summed E-state index contributed by atoms with van der Waals surface area (Å²) in [6.45, 7) is 7.44. The van der Waals surface area contributed by atoms with Crippen LogP contribution in [0.1, 0.15) is 25.8 Å². The molecule has 1 aromatic carbocycles. The van der Waals surface area contributed by atoms with Crippen molar-refractivity contribution in [3.8, 4) is 0 Å². The fourth-order valence-electron chi connectivity index (χ4n) is 1.76. The third-order valence-corrected chi connectivity index (χ3v) is 3.05. The minimum Gasteiger partial charge on any atom is -0.380 e. The number of aliphatic imine (C=N–C) groups is 1. The van der Waals surface area contributed by atoms with E-state index in [9.17, 15) is 0 Å². The van der Waals surface area contributed by atoms with Crippen LogP contribution in [-0.2, 0) is 11.3 Å². The molecule has 0 atom stereocenters. The topological polar surface area (TPSA) is 36.9 Å². The molecule has 0 radical (unpaired) electrons. The van der Waals surface area contributed by atoms with Crippen molar-refractivity contribution in [3.05, 3.63) is 35.9 Å². The van der Waals surface area contributed by atoms with E-state index in [0.29, 0.717) is 19.1 Å². The van der Waals surface area contributed by atoms with E-state index >= 15 is 0 Å². The monoisotopic (exact) mass is 419 g/mol. The molecule has 0 spiro atoms. The van der Waals surface area contributed by atoms with Gasteiger partial charge < -0.3 is 15.0 Å². The van der Waals surface area contributed by atoms with E-state index in [1.54, 1.807) is 0 Å². The Morgan fingerprint density at radius 3 is 2.45 bits per heavy atom. The van der Waals surface area contributed by atoms with Gasteiger partial charge in [0.1, 0.15) is 0 Å². The molecular formula is C17H30IN3O. The van der Waals surface area contributed by atoms with E-state index in [-0.39, 0.29) is 24.0 Å². The number of hydrogen-bond donors (Lipinski definition) is 1. The first kappa shape index (κ1) is 21.2. The number of nitrogens with zero attached hydrogens (tertiary/aromatic N) is 2. The van der Waals surface area contributed by atoms with Gasteiger partial charge in [-0.1, -0.05) is 44.2 Å². The molecule has 126 valence electrons. The summed E-state index contributed by atoms with van der Waals surface area (Å²) in [6.07, 6.45) is 1.11. The van der Waals surface area contributed by atoms with Crippen LogP contribution in [0.5, 0.6) is 0 Å². The van der Waals surface area contributed by atoms with Crippen molar-refractivity contribution in [2.75, 3.05) is 33.9 Å². The molecule has 0 amide bonds. The normalized spacial score (nSPS) is 11.2. The third-order valence-electron chi connectivity index (χ3n) is 3.05.